The third-order valence-electron chi connectivity index (χ3n) is 3.04. The smallest absolute Gasteiger partial charge is 0.251 e. The molecule has 0 heterocycles. The second kappa shape index (κ2) is 6.83. The molecule has 0 saturated heterocycles. The minimum absolute atomic E-state index is 0.101. The highest BCUT2D eigenvalue weighted by Gasteiger charge is 2.09. The lowest BCUT2D eigenvalue weighted by Gasteiger charge is -2.06. The highest BCUT2D eigenvalue weighted by Crippen LogP contribution is 2.11. The molecule has 0 aliphatic carbocycles. The van der Waals surface area contributed by atoms with Crippen molar-refractivity contribution in [2.75, 3.05) is 13.7 Å². The number of benzene rings is 2. The van der Waals surface area contributed by atoms with Gasteiger partial charge in [-0.25, -0.2) is 8.78 Å². The lowest BCUT2D eigenvalue weighted by molar-refractivity contribution is 0.0953. The molecule has 2 aromatic carbocycles. The van der Waals surface area contributed by atoms with E-state index in [2.05, 4.69) is 5.32 Å². The number of ether oxygens (including phenoxy) is 1. The van der Waals surface area contributed by atoms with Crippen molar-refractivity contribution in [3.8, 4) is 5.75 Å². The molecule has 1 amide bonds. The van der Waals surface area contributed by atoms with Crippen LogP contribution in [0.4, 0.5) is 8.78 Å². The zero-order valence-electron chi connectivity index (χ0n) is 11.5. The first-order chi connectivity index (χ1) is 10.1. The molecule has 0 spiro atoms. The number of carbonyl (C=O) groups excluding carboxylic acids is 1. The number of rotatable bonds is 5. The van der Waals surface area contributed by atoms with E-state index in [0.29, 0.717) is 13.0 Å². The van der Waals surface area contributed by atoms with Crippen molar-refractivity contribution < 1.29 is 18.3 Å². The third-order valence-corrected chi connectivity index (χ3v) is 3.04. The minimum Gasteiger partial charge on any atom is -0.497 e. The summed E-state index contributed by atoms with van der Waals surface area (Å²) in [6, 6.07) is 10.6. The van der Waals surface area contributed by atoms with Crippen LogP contribution in [0, 0.1) is 11.6 Å². The summed E-state index contributed by atoms with van der Waals surface area (Å²) >= 11 is 0. The van der Waals surface area contributed by atoms with Crippen molar-refractivity contribution in [3.63, 3.8) is 0 Å². The van der Waals surface area contributed by atoms with Gasteiger partial charge in [0.1, 0.15) is 5.75 Å². The van der Waals surface area contributed by atoms with E-state index in [1.165, 1.54) is 6.07 Å². The van der Waals surface area contributed by atoms with Crippen LogP contribution >= 0.6 is 0 Å². The third kappa shape index (κ3) is 4.02. The molecule has 5 heteroatoms. The van der Waals surface area contributed by atoms with Crippen molar-refractivity contribution in [2.24, 2.45) is 0 Å². The van der Waals surface area contributed by atoms with Crippen LogP contribution in [-0.4, -0.2) is 19.6 Å². The van der Waals surface area contributed by atoms with Crippen LogP contribution in [0.3, 0.4) is 0 Å². The van der Waals surface area contributed by atoms with Gasteiger partial charge in [0.25, 0.3) is 5.91 Å². The number of carbonyl (C=O) groups is 1. The molecule has 1 N–H and O–H groups in total. The number of amides is 1. The second-order valence-electron chi connectivity index (χ2n) is 4.48. The summed E-state index contributed by atoms with van der Waals surface area (Å²) in [5, 5.41) is 2.66. The Kier molecular flexibility index (Phi) is 4.87. The predicted molar refractivity (Wildman–Crippen MR) is 75.4 cm³/mol. The van der Waals surface area contributed by atoms with E-state index in [0.717, 1.165) is 23.4 Å². The van der Waals surface area contributed by atoms with Crippen molar-refractivity contribution in [2.45, 2.75) is 6.42 Å². The quantitative estimate of drug-likeness (QED) is 0.920. The molecule has 0 aromatic heterocycles. The largest absolute Gasteiger partial charge is 0.497 e. The number of nitrogens with one attached hydrogen (secondary N) is 1. The summed E-state index contributed by atoms with van der Waals surface area (Å²) in [5.74, 6) is -1.66. The first-order valence-electron chi connectivity index (χ1n) is 6.46. The summed E-state index contributed by atoms with van der Waals surface area (Å²) in [4.78, 5) is 11.8. The van der Waals surface area contributed by atoms with Crippen LogP contribution in [0.1, 0.15) is 15.9 Å². The van der Waals surface area contributed by atoms with Crippen LogP contribution in [0.5, 0.6) is 5.75 Å². The molecule has 3 nitrogen and oxygen atoms in total. The van der Waals surface area contributed by atoms with E-state index in [9.17, 15) is 13.6 Å². The Morgan fingerprint density at radius 3 is 2.43 bits per heavy atom. The van der Waals surface area contributed by atoms with E-state index in [1.54, 1.807) is 7.11 Å². The van der Waals surface area contributed by atoms with Gasteiger partial charge in [-0.2, -0.15) is 0 Å². The van der Waals surface area contributed by atoms with Crippen LogP contribution in [0.25, 0.3) is 0 Å². The first-order valence-corrected chi connectivity index (χ1v) is 6.46. The fourth-order valence-electron chi connectivity index (χ4n) is 1.85. The second-order valence-corrected chi connectivity index (χ2v) is 4.48. The molecule has 2 rings (SSSR count). The number of hydrogen-bond acceptors (Lipinski definition) is 2. The molecule has 0 unspecified atom stereocenters. The standard InChI is InChI=1S/C16H15F2NO2/c1-21-13-5-2-11(3-6-13)8-9-19-16(20)12-4-7-14(17)15(18)10-12/h2-7,10H,8-9H2,1H3,(H,19,20). The summed E-state index contributed by atoms with van der Waals surface area (Å²) in [7, 11) is 1.59. The first kappa shape index (κ1) is 15.0. The monoisotopic (exact) mass is 291 g/mol. The van der Waals surface area contributed by atoms with Crippen molar-refractivity contribution in [1.82, 2.24) is 5.32 Å². The topological polar surface area (TPSA) is 38.3 Å². The summed E-state index contributed by atoms with van der Waals surface area (Å²) in [5.41, 5.74) is 1.14. The Morgan fingerprint density at radius 2 is 1.81 bits per heavy atom. The normalized spacial score (nSPS) is 10.2. The Balaban J connectivity index is 1.87. The Hall–Kier alpha value is -2.43. The molecular weight excluding hydrogens is 276 g/mol. The maximum absolute atomic E-state index is 13.0. The molecule has 0 bridgehead atoms. The predicted octanol–water partition coefficient (Wildman–Crippen LogP) is 2.95. The molecule has 0 saturated carbocycles. The fraction of sp³-hybridized carbons (Fsp3) is 0.188. The van der Waals surface area contributed by atoms with Gasteiger partial charge in [0.05, 0.1) is 7.11 Å². The molecule has 21 heavy (non-hydrogen) atoms. The molecular formula is C16H15F2NO2. The van der Waals surface area contributed by atoms with Gasteiger partial charge in [0.15, 0.2) is 11.6 Å². The summed E-state index contributed by atoms with van der Waals surface area (Å²) in [6.45, 7) is 0.407. The average Bonchev–Trinajstić information content (AvgIpc) is 2.50. The van der Waals surface area contributed by atoms with E-state index in [-0.39, 0.29) is 5.56 Å². The van der Waals surface area contributed by atoms with Gasteiger partial charge in [-0.1, -0.05) is 12.1 Å². The highest BCUT2D eigenvalue weighted by atomic mass is 19.2. The van der Waals surface area contributed by atoms with Gasteiger partial charge in [0, 0.05) is 12.1 Å². The molecule has 2 aromatic rings. The van der Waals surface area contributed by atoms with Crippen molar-refractivity contribution >= 4 is 5.91 Å². The van der Waals surface area contributed by atoms with Crippen LogP contribution in [-0.2, 0) is 6.42 Å². The van der Waals surface area contributed by atoms with Gasteiger partial charge in [-0.3, -0.25) is 4.79 Å². The minimum atomic E-state index is -1.03. The lowest BCUT2D eigenvalue weighted by atomic mass is 10.1. The van der Waals surface area contributed by atoms with E-state index >= 15 is 0 Å². The number of halogens is 2. The average molecular weight is 291 g/mol. The van der Waals surface area contributed by atoms with Gasteiger partial charge in [-0.05, 0) is 42.3 Å². The Labute approximate surface area is 121 Å². The van der Waals surface area contributed by atoms with Crippen molar-refractivity contribution in [3.05, 3.63) is 65.2 Å². The van der Waals surface area contributed by atoms with E-state index in [1.807, 2.05) is 24.3 Å². The van der Waals surface area contributed by atoms with Crippen LogP contribution in [0.15, 0.2) is 42.5 Å². The molecule has 0 aliphatic heterocycles. The molecule has 0 radical (unpaired) electrons. The van der Waals surface area contributed by atoms with Gasteiger partial charge in [0.2, 0.25) is 0 Å². The maximum Gasteiger partial charge on any atom is 0.251 e. The molecule has 0 aliphatic rings. The molecule has 0 fully saturated rings. The summed E-state index contributed by atoms with van der Waals surface area (Å²) in [6.07, 6.45) is 0.638. The van der Waals surface area contributed by atoms with E-state index < -0.39 is 17.5 Å². The SMILES string of the molecule is COc1ccc(CCNC(=O)c2ccc(F)c(F)c2)cc1. The Morgan fingerprint density at radius 1 is 1.10 bits per heavy atom. The van der Waals surface area contributed by atoms with Gasteiger partial charge >= 0.3 is 0 Å². The maximum atomic E-state index is 13.0. The molecule has 110 valence electrons. The van der Waals surface area contributed by atoms with Crippen molar-refractivity contribution in [1.29, 1.82) is 0 Å². The van der Waals surface area contributed by atoms with Gasteiger partial charge < -0.3 is 10.1 Å². The van der Waals surface area contributed by atoms with Gasteiger partial charge in [-0.15, -0.1) is 0 Å². The Bertz CT molecular complexity index is 627. The number of methoxy groups -OCH3 is 1. The van der Waals surface area contributed by atoms with Crippen LogP contribution < -0.4 is 10.1 Å². The highest BCUT2D eigenvalue weighted by molar-refractivity contribution is 5.94. The van der Waals surface area contributed by atoms with Crippen LogP contribution in [0.2, 0.25) is 0 Å². The zero-order valence-corrected chi connectivity index (χ0v) is 11.5. The molecule has 0 atom stereocenters. The fourth-order valence-corrected chi connectivity index (χ4v) is 1.85. The lowest BCUT2D eigenvalue weighted by Crippen LogP contribution is -2.25. The summed E-state index contributed by atoms with van der Waals surface area (Å²) < 4.78 is 30.9. The zero-order chi connectivity index (χ0) is 15.2. The number of hydrogen-bond donors (Lipinski definition) is 1. The van der Waals surface area contributed by atoms with E-state index in [4.69, 9.17) is 4.74 Å².